The molecular weight excluding hydrogens is 443 g/mol. The van der Waals surface area contributed by atoms with E-state index in [4.69, 9.17) is 19.9 Å². The third-order valence-electron chi connectivity index (χ3n) is 4.82. The van der Waals surface area contributed by atoms with E-state index >= 15 is 0 Å². The Morgan fingerprint density at radius 3 is 2.67 bits per heavy atom. The zero-order chi connectivity index (χ0) is 23.4. The lowest BCUT2D eigenvalue weighted by Crippen LogP contribution is -2.41. The van der Waals surface area contributed by atoms with Crippen LogP contribution in [0.1, 0.15) is 5.56 Å². The van der Waals surface area contributed by atoms with Gasteiger partial charge in [0.25, 0.3) is 0 Å². The van der Waals surface area contributed by atoms with Gasteiger partial charge in [-0.15, -0.1) is 0 Å². The van der Waals surface area contributed by atoms with E-state index in [-0.39, 0.29) is 30.0 Å². The summed E-state index contributed by atoms with van der Waals surface area (Å²) in [6.07, 6.45) is -2.07. The summed E-state index contributed by atoms with van der Waals surface area (Å²) in [4.78, 5) is 8.01. The van der Waals surface area contributed by atoms with Crippen LogP contribution in [-0.2, 0) is 10.9 Å². The molecule has 5 N–H and O–H groups in total. The number of nitrogens with two attached hydrogens (primary N) is 1. The van der Waals surface area contributed by atoms with Crippen LogP contribution >= 0.6 is 0 Å². The number of nitrogens with one attached hydrogen (secondary N) is 3. The number of benzene rings is 1. The summed E-state index contributed by atoms with van der Waals surface area (Å²) < 4.78 is 57.1. The second-order valence-electron chi connectivity index (χ2n) is 7.18. The van der Waals surface area contributed by atoms with Crippen LogP contribution in [0.4, 0.5) is 30.6 Å². The first-order chi connectivity index (χ1) is 15.8. The Kier molecular flexibility index (Phi) is 6.51. The molecule has 0 saturated carbocycles. The molecule has 0 radical (unpaired) electrons. The zero-order valence-corrected chi connectivity index (χ0v) is 17.6. The SMILES string of the molecule is COc1cc(C(F)(F)F)cc(OC[C@@H]2CNCCO2)c1-c1cc(Nc2cnc(N)cn2)n[nH]1. The number of rotatable bonds is 7. The van der Waals surface area contributed by atoms with Crippen LogP contribution in [-0.4, -0.2) is 59.7 Å². The van der Waals surface area contributed by atoms with E-state index < -0.39 is 11.7 Å². The lowest BCUT2D eigenvalue weighted by Gasteiger charge is -2.24. The highest BCUT2D eigenvalue weighted by atomic mass is 19.4. The van der Waals surface area contributed by atoms with Crippen LogP contribution in [0.25, 0.3) is 11.3 Å². The van der Waals surface area contributed by atoms with Crippen LogP contribution in [0, 0.1) is 0 Å². The minimum absolute atomic E-state index is 0.0154. The highest BCUT2D eigenvalue weighted by Crippen LogP contribution is 2.43. The molecule has 10 nitrogen and oxygen atoms in total. The summed E-state index contributed by atoms with van der Waals surface area (Å²) in [5, 5.41) is 13.0. The van der Waals surface area contributed by atoms with Crippen molar-refractivity contribution in [3.63, 3.8) is 0 Å². The minimum Gasteiger partial charge on any atom is -0.496 e. The number of aromatic amines is 1. The Morgan fingerprint density at radius 1 is 1.18 bits per heavy atom. The van der Waals surface area contributed by atoms with Gasteiger partial charge in [0.1, 0.15) is 35.8 Å². The van der Waals surface area contributed by atoms with Gasteiger partial charge < -0.3 is 30.6 Å². The largest absolute Gasteiger partial charge is 0.496 e. The maximum atomic E-state index is 13.5. The fourth-order valence-corrected chi connectivity index (χ4v) is 3.25. The lowest BCUT2D eigenvalue weighted by atomic mass is 10.1. The third kappa shape index (κ3) is 5.43. The number of hydrogen-bond acceptors (Lipinski definition) is 9. The number of aromatic nitrogens is 4. The number of morpholine rings is 1. The number of methoxy groups -OCH3 is 1. The van der Waals surface area contributed by atoms with Crippen molar-refractivity contribution in [2.45, 2.75) is 12.3 Å². The van der Waals surface area contributed by atoms with Crippen molar-refractivity contribution in [2.24, 2.45) is 0 Å². The Balaban J connectivity index is 1.66. The van der Waals surface area contributed by atoms with Gasteiger partial charge in [0.2, 0.25) is 0 Å². The van der Waals surface area contributed by atoms with Crippen molar-refractivity contribution in [2.75, 3.05) is 44.5 Å². The predicted octanol–water partition coefficient (Wildman–Crippen LogP) is 2.59. The Hall–Kier alpha value is -3.58. The molecule has 1 aromatic carbocycles. The first-order valence-corrected chi connectivity index (χ1v) is 9.98. The number of hydrogen-bond donors (Lipinski definition) is 4. The van der Waals surface area contributed by atoms with E-state index in [1.54, 1.807) is 6.07 Å². The number of nitrogen functional groups attached to an aromatic ring is 1. The van der Waals surface area contributed by atoms with Gasteiger partial charge in [-0.1, -0.05) is 0 Å². The zero-order valence-electron chi connectivity index (χ0n) is 17.6. The molecule has 0 amide bonds. The molecule has 4 rings (SSSR count). The summed E-state index contributed by atoms with van der Waals surface area (Å²) in [6.45, 7) is 1.80. The van der Waals surface area contributed by atoms with Crippen LogP contribution in [0.3, 0.4) is 0 Å². The maximum Gasteiger partial charge on any atom is 0.416 e. The minimum atomic E-state index is -4.58. The Bertz CT molecular complexity index is 1080. The summed E-state index contributed by atoms with van der Waals surface area (Å²) >= 11 is 0. The number of halogens is 3. The van der Waals surface area contributed by atoms with Gasteiger partial charge in [-0.25, -0.2) is 9.97 Å². The van der Waals surface area contributed by atoms with Crippen LogP contribution in [0.15, 0.2) is 30.6 Å². The summed E-state index contributed by atoms with van der Waals surface area (Å²) in [6, 6.07) is 3.45. The monoisotopic (exact) mass is 465 g/mol. The Labute approximate surface area is 186 Å². The van der Waals surface area contributed by atoms with Crippen molar-refractivity contribution in [1.29, 1.82) is 0 Å². The molecule has 1 aliphatic heterocycles. The van der Waals surface area contributed by atoms with Crippen molar-refractivity contribution >= 4 is 17.5 Å². The van der Waals surface area contributed by atoms with Crippen molar-refractivity contribution in [1.82, 2.24) is 25.5 Å². The standard InChI is InChI=1S/C20H22F3N7O3/c1-31-14-4-11(20(21,22)23)5-15(33-10-12-7-25-2-3-32-12)19(14)13-6-17(30-29-13)28-18-9-26-16(24)8-27-18/h4-6,8-9,12,25H,2-3,7,10H2,1H3,(H2,24,26)(H2,27,28,29,30)/t12-/m0/s1. The van der Waals surface area contributed by atoms with E-state index in [1.807, 2.05) is 0 Å². The second-order valence-corrected chi connectivity index (χ2v) is 7.18. The van der Waals surface area contributed by atoms with Crippen LogP contribution in [0.5, 0.6) is 11.5 Å². The van der Waals surface area contributed by atoms with E-state index in [1.165, 1.54) is 19.5 Å². The van der Waals surface area contributed by atoms with E-state index in [9.17, 15) is 13.2 Å². The molecule has 176 valence electrons. The van der Waals surface area contributed by atoms with Crippen molar-refractivity contribution in [3.05, 3.63) is 36.2 Å². The summed E-state index contributed by atoms with van der Waals surface area (Å²) in [5.41, 5.74) is 5.31. The highest BCUT2D eigenvalue weighted by molar-refractivity contribution is 5.77. The molecule has 2 aromatic heterocycles. The molecule has 0 spiro atoms. The quantitative estimate of drug-likeness (QED) is 0.416. The van der Waals surface area contributed by atoms with E-state index in [2.05, 4.69) is 30.8 Å². The maximum absolute atomic E-state index is 13.5. The van der Waals surface area contributed by atoms with Gasteiger partial charge in [0, 0.05) is 19.2 Å². The van der Waals surface area contributed by atoms with Crippen molar-refractivity contribution in [3.8, 4) is 22.8 Å². The average molecular weight is 465 g/mol. The molecule has 1 saturated heterocycles. The van der Waals surface area contributed by atoms with Gasteiger partial charge in [-0.05, 0) is 12.1 Å². The third-order valence-corrected chi connectivity index (χ3v) is 4.82. The molecule has 13 heteroatoms. The predicted molar refractivity (Wildman–Crippen MR) is 113 cm³/mol. The first-order valence-electron chi connectivity index (χ1n) is 9.98. The molecule has 3 aromatic rings. The number of anilines is 3. The number of nitrogens with zero attached hydrogens (tertiary/aromatic N) is 3. The number of alkyl halides is 3. The molecule has 1 fully saturated rings. The molecular formula is C20H22F3N7O3. The van der Waals surface area contributed by atoms with Gasteiger partial charge in [-0.2, -0.15) is 18.3 Å². The van der Waals surface area contributed by atoms with Gasteiger partial charge >= 0.3 is 6.18 Å². The molecule has 0 aliphatic carbocycles. The summed E-state index contributed by atoms with van der Waals surface area (Å²) in [5.74, 6) is 0.969. The van der Waals surface area contributed by atoms with E-state index in [0.717, 1.165) is 12.1 Å². The topological polar surface area (TPSA) is 132 Å². The lowest BCUT2D eigenvalue weighted by molar-refractivity contribution is -0.137. The van der Waals surface area contributed by atoms with Gasteiger partial charge in [-0.3, -0.25) is 5.10 Å². The smallest absolute Gasteiger partial charge is 0.416 e. The first kappa shape index (κ1) is 22.6. The number of H-pyrrole nitrogens is 1. The summed E-state index contributed by atoms with van der Waals surface area (Å²) in [7, 11) is 1.29. The highest BCUT2D eigenvalue weighted by Gasteiger charge is 2.34. The molecule has 0 unspecified atom stereocenters. The molecule has 33 heavy (non-hydrogen) atoms. The Morgan fingerprint density at radius 2 is 2.00 bits per heavy atom. The van der Waals surface area contributed by atoms with Crippen LogP contribution in [0.2, 0.25) is 0 Å². The average Bonchev–Trinajstić information content (AvgIpc) is 3.26. The fraction of sp³-hybridized carbons (Fsp3) is 0.350. The second kappa shape index (κ2) is 9.50. The molecule has 1 atom stereocenters. The van der Waals surface area contributed by atoms with Crippen LogP contribution < -0.4 is 25.8 Å². The van der Waals surface area contributed by atoms with Gasteiger partial charge in [0.15, 0.2) is 5.82 Å². The van der Waals surface area contributed by atoms with E-state index in [0.29, 0.717) is 42.6 Å². The fourth-order valence-electron chi connectivity index (χ4n) is 3.25. The molecule has 3 heterocycles. The van der Waals surface area contributed by atoms with Crippen molar-refractivity contribution < 1.29 is 27.4 Å². The number of ether oxygens (including phenoxy) is 3. The molecule has 0 bridgehead atoms. The normalized spacial score (nSPS) is 16.4. The van der Waals surface area contributed by atoms with Gasteiger partial charge in [0.05, 0.1) is 42.9 Å². The molecule has 1 aliphatic rings.